The summed E-state index contributed by atoms with van der Waals surface area (Å²) in [4.78, 5) is 6.68. The topological polar surface area (TPSA) is 56.8 Å². The van der Waals surface area contributed by atoms with Crippen molar-refractivity contribution < 1.29 is 8.78 Å². The van der Waals surface area contributed by atoms with Crippen LogP contribution < -0.4 is 5.32 Å². The number of pyridine rings is 1. The number of rotatable bonds is 6. The number of aromatic amines is 1. The number of hydrogen-bond acceptors (Lipinski definition) is 4. The first kappa shape index (κ1) is 20.8. The molecule has 4 rings (SSSR count). The van der Waals surface area contributed by atoms with Crippen molar-refractivity contribution in [3.05, 3.63) is 70.0 Å². The molecule has 0 spiro atoms. The summed E-state index contributed by atoms with van der Waals surface area (Å²) in [6, 6.07) is 10.0. The van der Waals surface area contributed by atoms with E-state index in [2.05, 4.69) is 25.4 Å². The Kier molecular flexibility index (Phi) is 6.29. The van der Waals surface area contributed by atoms with Crippen LogP contribution in [-0.2, 0) is 13.0 Å². The molecule has 0 saturated carbocycles. The summed E-state index contributed by atoms with van der Waals surface area (Å²) in [5.74, 6) is 0.937. The third-order valence-corrected chi connectivity index (χ3v) is 5.79. The number of anilines is 2. The molecule has 0 aliphatic carbocycles. The van der Waals surface area contributed by atoms with E-state index in [0.29, 0.717) is 41.8 Å². The van der Waals surface area contributed by atoms with E-state index in [-0.39, 0.29) is 16.7 Å². The third kappa shape index (κ3) is 4.96. The molecular weight excluding hydrogens is 408 g/mol. The average molecular weight is 432 g/mol. The number of nitrogens with one attached hydrogen (secondary N) is 2. The Morgan fingerprint density at radius 3 is 2.70 bits per heavy atom. The molecule has 158 valence electrons. The van der Waals surface area contributed by atoms with Crippen molar-refractivity contribution in [3.63, 3.8) is 0 Å². The van der Waals surface area contributed by atoms with E-state index in [1.165, 1.54) is 6.07 Å². The Morgan fingerprint density at radius 2 is 1.97 bits per heavy atom. The summed E-state index contributed by atoms with van der Waals surface area (Å²) >= 11 is 5.88. The molecular formula is C22H24ClF2N5. The lowest BCUT2D eigenvalue weighted by Gasteiger charge is -2.32. The summed E-state index contributed by atoms with van der Waals surface area (Å²) in [5, 5.41) is 10.2. The van der Waals surface area contributed by atoms with Gasteiger partial charge in [-0.15, -0.1) is 0 Å². The summed E-state index contributed by atoms with van der Waals surface area (Å²) in [6.07, 6.45) is 2.42. The minimum Gasteiger partial charge on any atom is -0.323 e. The highest BCUT2D eigenvalue weighted by Gasteiger charge is 2.22. The maximum absolute atomic E-state index is 14.3. The molecule has 1 aliphatic rings. The van der Waals surface area contributed by atoms with Gasteiger partial charge >= 0.3 is 0 Å². The molecule has 2 aromatic heterocycles. The number of likely N-dealkylation sites (tertiary alicyclic amines) is 1. The number of aryl methyl sites for hydroxylation is 1. The Morgan fingerprint density at radius 1 is 1.17 bits per heavy atom. The van der Waals surface area contributed by atoms with Crippen molar-refractivity contribution in [2.75, 3.05) is 18.4 Å². The zero-order valence-electron chi connectivity index (χ0n) is 16.8. The summed E-state index contributed by atoms with van der Waals surface area (Å²) in [6.45, 7) is 4.12. The fourth-order valence-corrected chi connectivity index (χ4v) is 4.04. The predicted molar refractivity (Wildman–Crippen MR) is 114 cm³/mol. The first-order valence-electron chi connectivity index (χ1n) is 10.1. The van der Waals surface area contributed by atoms with E-state index >= 15 is 0 Å². The lowest BCUT2D eigenvalue weighted by Crippen LogP contribution is -2.34. The molecule has 1 aromatic carbocycles. The highest BCUT2D eigenvalue weighted by molar-refractivity contribution is 6.30. The van der Waals surface area contributed by atoms with Crippen LogP contribution in [0.3, 0.4) is 0 Å². The first-order valence-corrected chi connectivity index (χ1v) is 10.5. The smallest absolute Gasteiger partial charge is 0.153 e. The van der Waals surface area contributed by atoms with Gasteiger partial charge in [0.15, 0.2) is 5.82 Å². The molecule has 8 heteroatoms. The van der Waals surface area contributed by atoms with Gasteiger partial charge in [0.25, 0.3) is 0 Å². The Balaban J connectivity index is 1.34. The van der Waals surface area contributed by atoms with E-state index in [9.17, 15) is 8.78 Å². The van der Waals surface area contributed by atoms with Crippen LogP contribution in [0.4, 0.5) is 20.4 Å². The predicted octanol–water partition coefficient (Wildman–Crippen LogP) is 5.24. The zero-order chi connectivity index (χ0) is 21.1. The standard InChI is InChI=1S/C22H24ClF2N5/c1-14-11-21(29-28-14)27-20-6-5-18(24)19(26-20)12-15-7-9-30(10-8-15)13-16-3-2-4-17(23)22(16)25/h2-6,11,15H,7-10,12-13H2,1H3,(H2,26,27,28,29). The van der Waals surface area contributed by atoms with Crippen molar-refractivity contribution in [1.82, 2.24) is 20.1 Å². The fraction of sp³-hybridized carbons (Fsp3) is 0.364. The van der Waals surface area contributed by atoms with Crippen LogP contribution in [0.5, 0.6) is 0 Å². The average Bonchev–Trinajstić information content (AvgIpc) is 3.14. The lowest BCUT2D eigenvalue weighted by atomic mass is 9.91. The second-order valence-corrected chi connectivity index (χ2v) is 8.23. The van der Waals surface area contributed by atoms with E-state index in [4.69, 9.17) is 11.6 Å². The van der Waals surface area contributed by atoms with E-state index < -0.39 is 0 Å². The Labute approximate surface area is 179 Å². The van der Waals surface area contributed by atoms with E-state index in [1.54, 1.807) is 24.3 Å². The molecule has 1 aliphatic heterocycles. The summed E-state index contributed by atoms with van der Waals surface area (Å²) in [7, 11) is 0. The van der Waals surface area contributed by atoms with Crippen LogP contribution in [0, 0.1) is 24.5 Å². The normalized spacial score (nSPS) is 15.5. The van der Waals surface area contributed by atoms with Gasteiger partial charge in [-0.05, 0) is 63.4 Å². The summed E-state index contributed by atoms with van der Waals surface area (Å²) < 4.78 is 28.5. The Hall–Kier alpha value is -2.51. The maximum Gasteiger partial charge on any atom is 0.153 e. The van der Waals surface area contributed by atoms with Gasteiger partial charge in [-0.1, -0.05) is 23.7 Å². The van der Waals surface area contributed by atoms with Gasteiger partial charge in [0.1, 0.15) is 17.5 Å². The van der Waals surface area contributed by atoms with Crippen molar-refractivity contribution in [3.8, 4) is 0 Å². The van der Waals surface area contributed by atoms with Crippen LogP contribution in [0.25, 0.3) is 0 Å². The van der Waals surface area contributed by atoms with Crippen molar-refractivity contribution in [1.29, 1.82) is 0 Å². The zero-order valence-corrected chi connectivity index (χ0v) is 17.5. The molecule has 0 unspecified atom stereocenters. The van der Waals surface area contributed by atoms with Crippen LogP contribution in [0.2, 0.25) is 5.02 Å². The molecule has 30 heavy (non-hydrogen) atoms. The van der Waals surface area contributed by atoms with Gasteiger partial charge in [-0.25, -0.2) is 13.8 Å². The molecule has 0 amide bonds. The van der Waals surface area contributed by atoms with E-state index in [1.807, 2.05) is 13.0 Å². The number of piperidine rings is 1. The molecule has 3 aromatic rings. The van der Waals surface area contributed by atoms with Crippen LogP contribution in [-0.4, -0.2) is 33.2 Å². The van der Waals surface area contributed by atoms with Crippen molar-refractivity contribution in [2.45, 2.75) is 32.7 Å². The van der Waals surface area contributed by atoms with Gasteiger partial charge in [0, 0.05) is 23.9 Å². The van der Waals surface area contributed by atoms with Crippen LogP contribution >= 0.6 is 11.6 Å². The number of aromatic nitrogens is 3. The van der Waals surface area contributed by atoms with Crippen LogP contribution in [0.1, 0.15) is 29.8 Å². The number of H-pyrrole nitrogens is 1. The van der Waals surface area contributed by atoms with Crippen molar-refractivity contribution in [2.24, 2.45) is 5.92 Å². The van der Waals surface area contributed by atoms with Gasteiger partial charge in [0.2, 0.25) is 0 Å². The van der Waals surface area contributed by atoms with Gasteiger partial charge in [-0.3, -0.25) is 10.00 Å². The lowest BCUT2D eigenvalue weighted by molar-refractivity contribution is 0.174. The molecule has 3 heterocycles. The molecule has 2 N–H and O–H groups in total. The highest BCUT2D eigenvalue weighted by Crippen LogP contribution is 2.26. The van der Waals surface area contributed by atoms with Gasteiger partial charge in [0.05, 0.1) is 10.7 Å². The second kappa shape index (κ2) is 9.10. The molecule has 1 saturated heterocycles. The largest absolute Gasteiger partial charge is 0.323 e. The number of nitrogens with zero attached hydrogens (tertiary/aromatic N) is 3. The number of benzene rings is 1. The van der Waals surface area contributed by atoms with Gasteiger partial charge < -0.3 is 5.32 Å². The third-order valence-electron chi connectivity index (χ3n) is 5.50. The maximum atomic E-state index is 14.3. The fourth-order valence-electron chi connectivity index (χ4n) is 3.84. The minimum absolute atomic E-state index is 0.155. The molecule has 5 nitrogen and oxygen atoms in total. The SMILES string of the molecule is Cc1cc(Nc2ccc(F)c(CC3CCN(Cc4cccc(Cl)c4F)CC3)n2)n[nH]1. The summed E-state index contributed by atoms with van der Waals surface area (Å²) in [5.41, 5.74) is 2.01. The van der Waals surface area contributed by atoms with Gasteiger partial charge in [-0.2, -0.15) is 5.10 Å². The Bertz CT molecular complexity index is 1010. The highest BCUT2D eigenvalue weighted by atomic mass is 35.5. The molecule has 0 atom stereocenters. The number of halogens is 3. The van der Waals surface area contributed by atoms with Crippen molar-refractivity contribution >= 4 is 23.2 Å². The second-order valence-electron chi connectivity index (χ2n) is 7.82. The molecule has 0 bridgehead atoms. The van der Waals surface area contributed by atoms with E-state index in [0.717, 1.165) is 31.6 Å². The molecule has 1 fully saturated rings. The molecule has 0 radical (unpaired) electrons. The quantitative estimate of drug-likeness (QED) is 0.560. The van der Waals surface area contributed by atoms with Crippen LogP contribution in [0.15, 0.2) is 36.4 Å². The number of hydrogen-bond donors (Lipinski definition) is 2. The monoisotopic (exact) mass is 431 g/mol. The first-order chi connectivity index (χ1) is 14.5. The minimum atomic E-state index is -0.344.